The van der Waals surface area contributed by atoms with E-state index in [1.807, 2.05) is 0 Å². The predicted octanol–water partition coefficient (Wildman–Crippen LogP) is 3.75. The second-order valence-corrected chi connectivity index (χ2v) is 6.60. The number of halogens is 4. The van der Waals surface area contributed by atoms with E-state index in [2.05, 4.69) is 46.8 Å². The normalized spacial score (nSPS) is 18.2. The zero-order valence-electron chi connectivity index (χ0n) is 12.3. The van der Waals surface area contributed by atoms with Crippen LogP contribution in [0.3, 0.4) is 0 Å². The molecule has 0 bridgehead atoms. The Hall–Kier alpha value is -0.590. The summed E-state index contributed by atoms with van der Waals surface area (Å²) in [6.07, 6.45) is -4.10. The number of hydrogen-bond donors (Lipinski definition) is 0. The van der Waals surface area contributed by atoms with Crippen molar-refractivity contribution in [2.75, 3.05) is 32.7 Å². The van der Waals surface area contributed by atoms with Gasteiger partial charge in [0.25, 0.3) is 0 Å². The van der Waals surface area contributed by atoms with Crippen LogP contribution in [0.5, 0.6) is 0 Å². The molecule has 21 heavy (non-hydrogen) atoms. The van der Waals surface area contributed by atoms with Crippen LogP contribution in [0.1, 0.15) is 16.7 Å². The number of benzene rings is 1. The average Bonchev–Trinajstić information content (AvgIpc) is 2.34. The second-order valence-electron chi connectivity index (χ2n) is 5.69. The molecule has 0 unspecified atom stereocenters. The van der Waals surface area contributed by atoms with E-state index in [0.29, 0.717) is 26.2 Å². The van der Waals surface area contributed by atoms with E-state index in [0.717, 1.165) is 11.0 Å². The Kier molecular flexibility index (Phi) is 5.33. The van der Waals surface area contributed by atoms with Crippen LogP contribution in [-0.2, 0) is 6.54 Å². The van der Waals surface area contributed by atoms with E-state index in [1.54, 1.807) is 0 Å². The van der Waals surface area contributed by atoms with Crippen molar-refractivity contribution in [3.8, 4) is 0 Å². The van der Waals surface area contributed by atoms with Gasteiger partial charge in [0.1, 0.15) is 0 Å². The lowest BCUT2D eigenvalue weighted by molar-refractivity contribution is -0.149. The van der Waals surface area contributed by atoms with Gasteiger partial charge in [-0.25, -0.2) is 0 Å². The summed E-state index contributed by atoms with van der Waals surface area (Å²) in [4.78, 5) is 3.72. The van der Waals surface area contributed by atoms with Crippen molar-refractivity contribution in [2.45, 2.75) is 26.6 Å². The van der Waals surface area contributed by atoms with Crippen molar-refractivity contribution in [3.05, 3.63) is 33.3 Å². The lowest BCUT2D eigenvalue weighted by Crippen LogP contribution is -2.48. The number of alkyl halides is 3. The van der Waals surface area contributed by atoms with E-state index < -0.39 is 12.7 Å². The molecule has 1 aliphatic heterocycles. The van der Waals surface area contributed by atoms with Crippen LogP contribution in [-0.4, -0.2) is 48.7 Å². The summed E-state index contributed by atoms with van der Waals surface area (Å²) < 4.78 is 38.2. The summed E-state index contributed by atoms with van der Waals surface area (Å²) >= 11 is 3.48. The molecule has 2 nitrogen and oxygen atoms in total. The van der Waals surface area contributed by atoms with Crippen LogP contribution >= 0.6 is 15.9 Å². The molecule has 0 amide bonds. The monoisotopic (exact) mass is 364 g/mol. The number of piperazine rings is 1. The molecule has 1 aromatic rings. The molecule has 1 aliphatic rings. The molecule has 0 aromatic heterocycles. The first-order chi connectivity index (χ1) is 9.74. The van der Waals surface area contributed by atoms with Crippen LogP contribution in [0, 0.1) is 13.8 Å². The molecule has 2 rings (SSSR count). The van der Waals surface area contributed by atoms with Crippen LogP contribution in [0.4, 0.5) is 13.2 Å². The van der Waals surface area contributed by atoms with Crippen molar-refractivity contribution < 1.29 is 13.2 Å². The Morgan fingerprint density at radius 1 is 1.00 bits per heavy atom. The van der Waals surface area contributed by atoms with Crippen molar-refractivity contribution in [3.63, 3.8) is 0 Å². The van der Waals surface area contributed by atoms with Gasteiger partial charge in [0.15, 0.2) is 0 Å². The highest BCUT2D eigenvalue weighted by molar-refractivity contribution is 9.10. The molecular formula is C15H20BrF3N2. The summed E-state index contributed by atoms with van der Waals surface area (Å²) in [5.74, 6) is 0. The number of hydrogen-bond acceptors (Lipinski definition) is 2. The van der Waals surface area contributed by atoms with Gasteiger partial charge < -0.3 is 0 Å². The van der Waals surface area contributed by atoms with Crippen LogP contribution in [0.15, 0.2) is 16.6 Å². The van der Waals surface area contributed by atoms with E-state index >= 15 is 0 Å². The van der Waals surface area contributed by atoms with Crippen LogP contribution in [0.25, 0.3) is 0 Å². The minimum atomic E-state index is -4.10. The number of aryl methyl sites for hydroxylation is 2. The molecule has 0 N–H and O–H groups in total. The van der Waals surface area contributed by atoms with Crippen molar-refractivity contribution in [2.24, 2.45) is 0 Å². The molecule has 1 saturated heterocycles. The van der Waals surface area contributed by atoms with Gasteiger partial charge in [0.2, 0.25) is 0 Å². The third-order valence-corrected chi connectivity index (χ3v) is 4.37. The molecule has 0 saturated carbocycles. The van der Waals surface area contributed by atoms with Gasteiger partial charge in [-0.15, -0.1) is 0 Å². The molecule has 0 radical (unpaired) electrons. The summed E-state index contributed by atoms with van der Waals surface area (Å²) in [7, 11) is 0. The maximum absolute atomic E-state index is 12.4. The summed E-state index contributed by atoms with van der Waals surface area (Å²) in [6, 6.07) is 4.17. The van der Waals surface area contributed by atoms with E-state index in [1.165, 1.54) is 21.6 Å². The fraction of sp³-hybridized carbons (Fsp3) is 0.600. The third-order valence-electron chi connectivity index (χ3n) is 3.91. The summed E-state index contributed by atoms with van der Waals surface area (Å²) in [6.45, 7) is 6.50. The first-order valence-corrected chi connectivity index (χ1v) is 7.81. The molecule has 1 fully saturated rings. The van der Waals surface area contributed by atoms with Crippen LogP contribution < -0.4 is 0 Å². The number of rotatable bonds is 3. The Morgan fingerprint density at radius 3 is 1.95 bits per heavy atom. The van der Waals surface area contributed by atoms with Crippen LogP contribution in [0.2, 0.25) is 0 Å². The molecular weight excluding hydrogens is 345 g/mol. The highest BCUT2D eigenvalue weighted by atomic mass is 79.9. The third kappa shape index (κ3) is 4.97. The highest BCUT2D eigenvalue weighted by Crippen LogP contribution is 2.23. The first-order valence-electron chi connectivity index (χ1n) is 7.02. The van der Waals surface area contributed by atoms with Gasteiger partial charge in [-0.05, 0) is 42.7 Å². The van der Waals surface area contributed by atoms with Crippen molar-refractivity contribution in [1.82, 2.24) is 9.80 Å². The van der Waals surface area contributed by atoms with E-state index in [4.69, 9.17) is 0 Å². The maximum atomic E-state index is 12.4. The van der Waals surface area contributed by atoms with Crippen molar-refractivity contribution >= 4 is 15.9 Å². The summed E-state index contributed by atoms with van der Waals surface area (Å²) in [5, 5.41) is 0. The molecule has 0 aliphatic carbocycles. The SMILES string of the molecule is Cc1cc(Br)cc(C)c1CN1CCN(CC(F)(F)F)CC1. The quantitative estimate of drug-likeness (QED) is 0.805. The Balaban J connectivity index is 1.92. The zero-order valence-corrected chi connectivity index (χ0v) is 13.9. The van der Waals surface area contributed by atoms with Gasteiger partial charge >= 0.3 is 6.18 Å². The minimum absolute atomic E-state index is 0.480. The first kappa shape index (κ1) is 16.8. The predicted molar refractivity (Wildman–Crippen MR) is 81.4 cm³/mol. The zero-order chi connectivity index (χ0) is 15.6. The lowest BCUT2D eigenvalue weighted by atomic mass is 10.0. The summed E-state index contributed by atoms with van der Waals surface area (Å²) in [5.41, 5.74) is 3.72. The van der Waals surface area contributed by atoms with E-state index in [9.17, 15) is 13.2 Å². The second kappa shape index (κ2) is 6.67. The maximum Gasteiger partial charge on any atom is 0.401 e. The minimum Gasteiger partial charge on any atom is -0.297 e. The standard InChI is InChI=1S/C15H20BrF3N2/c1-11-7-13(16)8-12(2)14(11)9-20-3-5-21(6-4-20)10-15(17,18)19/h7-8H,3-6,9-10H2,1-2H3. The number of nitrogens with zero attached hydrogens (tertiary/aromatic N) is 2. The van der Waals surface area contributed by atoms with E-state index in [-0.39, 0.29) is 0 Å². The van der Waals surface area contributed by atoms with Gasteiger partial charge in [-0.1, -0.05) is 15.9 Å². The molecule has 6 heteroatoms. The van der Waals surface area contributed by atoms with Gasteiger partial charge in [-0.2, -0.15) is 13.2 Å². The molecule has 1 heterocycles. The van der Waals surface area contributed by atoms with Gasteiger partial charge in [0, 0.05) is 37.2 Å². The fourth-order valence-corrected chi connectivity index (χ4v) is 3.46. The van der Waals surface area contributed by atoms with Gasteiger partial charge in [0.05, 0.1) is 6.54 Å². The molecule has 0 atom stereocenters. The Labute approximate surface area is 132 Å². The fourth-order valence-electron chi connectivity index (χ4n) is 2.77. The molecule has 0 spiro atoms. The molecule has 118 valence electrons. The Morgan fingerprint density at radius 2 is 1.48 bits per heavy atom. The van der Waals surface area contributed by atoms with Gasteiger partial charge in [-0.3, -0.25) is 9.80 Å². The topological polar surface area (TPSA) is 6.48 Å². The highest BCUT2D eigenvalue weighted by Gasteiger charge is 2.32. The Bertz CT molecular complexity index is 471. The van der Waals surface area contributed by atoms with Crippen molar-refractivity contribution in [1.29, 1.82) is 0 Å². The largest absolute Gasteiger partial charge is 0.401 e. The lowest BCUT2D eigenvalue weighted by Gasteiger charge is -2.35. The average molecular weight is 365 g/mol. The smallest absolute Gasteiger partial charge is 0.297 e. The molecule has 1 aromatic carbocycles.